The van der Waals surface area contributed by atoms with Crippen LogP contribution in [0.3, 0.4) is 0 Å². The Morgan fingerprint density at radius 2 is 2.06 bits per heavy atom. The number of rotatable bonds is 6. The summed E-state index contributed by atoms with van der Waals surface area (Å²) in [7, 11) is 0. The van der Waals surface area contributed by atoms with E-state index >= 15 is 0 Å². The molecule has 2 rings (SSSR count). The first-order valence-corrected chi connectivity index (χ1v) is 7.38. The third-order valence-electron chi connectivity index (χ3n) is 3.87. The number of piperazine rings is 1. The first-order valence-electron chi connectivity index (χ1n) is 7.38. The van der Waals surface area contributed by atoms with Crippen LogP contribution in [-0.2, 0) is 6.42 Å². The fourth-order valence-corrected chi connectivity index (χ4v) is 2.68. The summed E-state index contributed by atoms with van der Waals surface area (Å²) in [4.78, 5) is 2.62. The van der Waals surface area contributed by atoms with Gasteiger partial charge in [-0.25, -0.2) is 0 Å². The lowest BCUT2D eigenvalue weighted by atomic mass is 10.1. The number of nitrogens with zero attached hydrogens (tertiary/aromatic N) is 1. The Labute approximate surface area is 111 Å². The minimum atomic E-state index is 0.716. The Kier molecular flexibility index (Phi) is 5.69. The van der Waals surface area contributed by atoms with Crippen molar-refractivity contribution in [2.75, 3.05) is 26.2 Å². The Morgan fingerprint density at radius 3 is 2.83 bits per heavy atom. The molecule has 0 saturated carbocycles. The minimum Gasteiger partial charge on any atom is -0.311 e. The highest BCUT2D eigenvalue weighted by molar-refractivity contribution is 5.14. The number of unbranched alkanes of at least 4 members (excludes halogenated alkanes) is 1. The molecule has 2 nitrogen and oxygen atoms in total. The molecule has 1 aliphatic rings. The van der Waals surface area contributed by atoms with Crippen LogP contribution in [0.15, 0.2) is 30.3 Å². The maximum atomic E-state index is 3.57. The molecule has 2 heteroatoms. The van der Waals surface area contributed by atoms with Crippen molar-refractivity contribution in [3.63, 3.8) is 0 Å². The van der Waals surface area contributed by atoms with Crippen molar-refractivity contribution in [1.29, 1.82) is 0 Å². The number of hydrogen-bond donors (Lipinski definition) is 1. The fourth-order valence-electron chi connectivity index (χ4n) is 2.68. The van der Waals surface area contributed by atoms with Gasteiger partial charge < -0.3 is 10.2 Å². The second kappa shape index (κ2) is 7.55. The summed E-state index contributed by atoms with van der Waals surface area (Å²) < 4.78 is 0. The van der Waals surface area contributed by atoms with E-state index in [0.29, 0.717) is 6.04 Å². The fraction of sp³-hybridized carbons (Fsp3) is 0.625. The summed E-state index contributed by atoms with van der Waals surface area (Å²) in [5.41, 5.74) is 1.48. The molecule has 1 aromatic carbocycles. The highest BCUT2D eigenvalue weighted by atomic mass is 15.2. The molecule has 100 valence electrons. The van der Waals surface area contributed by atoms with Gasteiger partial charge in [-0.15, -0.1) is 0 Å². The highest BCUT2D eigenvalue weighted by Crippen LogP contribution is 2.07. The number of nitrogens with one attached hydrogen (secondary N) is 1. The summed E-state index contributed by atoms with van der Waals surface area (Å²) >= 11 is 0. The second-order valence-corrected chi connectivity index (χ2v) is 5.30. The molecule has 1 atom stereocenters. The van der Waals surface area contributed by atoms with Gasteiger partial charge in [0.05, 0.1) is 0 Å². The van der Waals surface area contributed by atoms with Crippen LogP contribution in [0, 0.1) is 0 Å². The molecule has 0 amide bonds. The summed E-state index contributed by atoms with van der Waals surface area (Å²) in [5, 5.41) is 3.57. The molecule has 0 radical (unpaired) electrons. The number of hydrogen-bond acceptors (Lipinski definition) is 2. The molecule has 0 spiro atoms. The molecule has 0 aromatic heterocycles. The van der Waals surface area contributed by atoms with Crippen molar-refractivity contribution in [1.82, 2.24) is 10.2 Å². The van der Waals surface area contributed by atoms with E-state index in [4.69, 9.17) is 0 Å². The molecule has 1 aliphatic heterocycles. The van der Waals surface area contributed by atoms with Gasteiger partial charge >= 0.3 is 0 Å². The average Bonchev–Trinajstić information content (AvgIpc) is 2.45. The maximum absolute atomic E-state index is 3.57. The van der Waals surface area contributed by atoms with Gasteiger partial charge in [0.15, 0.2) is 0 Å². The van der Waals surface area contributed by atoms with Crippen LogP contribution in [0.1, 0.15) is 31.7 Å². The van der Waals surface area contributed by atoms with Crippen molar-refractivity contribution in [2.45, 2.75) is 38.6 Å². The smallest absolute Gasteiger partial charge is 0.0192 e. The van der Waals surface area contributed by atoms with E-state index in [1.165, 1.54) is 50.9 Å². The van der Waals surface area contributed by atoms with E-state index in [1.54, 1.807) is 0 Å². The van der Waals surface area contributed by atoms with Gasteiger partial charge in [-0.05, 0) is 37.8 Å². The van der Waals surface area contributed by atoms with Crippen molar-refractivity contribution in [3.05, 3.63) is 35.9 Å². The molecule has 1 fully saturated rings. The van der Waals surface area contributed by atoms with E-state index in [9.17, 15) is 0 Å². The molecular formula is C16H26N2. The Hall–Kier alpha value is -0.860. The molecule has 0 aliphatic carbocycles. The van der Waals surface area contributed by atoms with Crippen LogP contribution < -0.4 is 5.32 Å². The average molecular weight is 246 g/mol. The van der Waals surface area contributed by atoms with E-state index in [0.717, 1.165) is 6.54 Å². The first kappa shape index (κ1) is 13.6. The maximum Gasteiger partial charge on any atom is 0.0192 e. The van der Waals surface area contributed by atoms with E-state index in [1.807, 2.05) is 0 Å². The summed E-state index contributed by atoms with van der Waals surface area (Å²) in [6, 6.07) is 11.5. The van der Waals surface area contributed by atoms with Gasteiger partial charge in [-0.2, -0.15) is 0 Å². The monoisotopic (exact) mass is 246 g/mol. The van der Waals surface area contributed by atoms with Crippen LogP contribution in [0.25, 0.3) is 0 Å². The lowest BCUT2D eigenvalue weighted by Crippen LogP contribution is -2.50. The molecule has 1 unspecified atom stereocenters. The van der Waals surface area contributed by atoms with Crippen molar-refractivity contribution < 1.29 is 0 Å². The second-order valence-electron chi connectivity index (χ2n) is 5.30. The molecule has 0 bridgehead atoms. The van der Waals surface area contributed by atoms with Gasteiger partial charge in [0.1, 0.15) is 0 Å². The highest BCUT2D eigenvalue weighted by Gasteiger charge is 2.16. The number of benzene rings is 1. The molecule has 18 heavy (non-hydrogen) atoms. The SMILES string of the molecule is CCC1CN(CCCCc2ccccc2)CCN1. The topological polar surface area (TPSA) is 15.3 Å². The van der Waals surface area contributed by atoms with E-state index < -0.39 is 0 Å². The predicted octanol–water partition coefficient (Wildman–Crippen LogP) is 2.69. The predicted molar refractivity (Wildman–Crippen MR) is 77.9 cm³/mol. The summed E-state index contributed by atoms with van der Waals surface area (Å²) in [6.07, 6.45) is 5.11. The van der Waals surface area contributed by atoms with Crippen molar-refractivity contribution in [2.24, 2.45) is 0 Å². The van der Waals surface area contributed by atoms with Gasteiger partial charge in [-0.3, -0.25) is 0 Å². The Balaban J connectivity index is 1.60. The normalized spacial score (nSPS) is 21.1. The molecule has 1 saturated heterocycles. The lowest BCUT2D eigenvalue weighted by molar-refractivity contribution is 0.194. The molecule has 1 aromatic rings. The van der Waals surface area contributed by atoms with Crippen LogP contribution >= 0.6 is 0 Å². The Bertz CT molecular complexity index is 323. The summed E-state index contributed by atoms with van der Waals surface area (Å²) in [6.45, 7) is 7.17. The van der Waals surface area contributed by atoms with Crippen molar-refractivity contribution >= 4 is 0 Å². The lowest BCUT2D eigenvalue weighted by Gasteiger charge is -2.33. The zero-order chi connectivity index (χ0) is 12.6. The minimum absolute atomic E-state index is 0.716. The van der Waals surface area contributed by atoms with Crippen LogP contribution in [0.4, 0.5) is 0 Å². The number of aryl methyl sites for hydroxylation is 1. The third kappa shape index (κ3) is 4.43. The quantitative estimate of drug-likeness (QED) is 0.776. The van der Waals surface area contributed by atoms with Gasteiger partial charge in [0, 0.05) is 25.7 Å². The van der Waals surface area contributed by atoms with Gasteiger partial charge in [0.25, 0.3) is 0 Å². The Morgan fingerprint density at radius 1 is 1.22 bits per heavy atom. The van der Waals surface area contributed by atoms with Crippen LogP contribution in [0.2, 0.25) is 0 Å². The van der Waals surface area contributed by atoms with E-state index in [2.05, 4.69) is 47.5 Å². The molecule has 1 N–H and O–H groups in total. The van der Waals surface area contributed by atoms with Crippen molar-refractivity contribution in [3.8, 4) is 0 Å². The molecular weight excluding hydrogens is 220 g/mol. The first-order chi connectivity index (χ1) is 8.88. The third-order valence-corrected chi connectivity index (χ3v) is 3.87. The molecule has 1 heterocycles. The zero-order valence-electron chi connectivity index (χ0n) is 11.6. The van der Waals surface area contributed by atoms with E-state index in [-0.39, 0.29) is 0 Å². The standard InChI is InChI=1S/C16H26N2/c1-2-16-14-18(13-11-17-16)12-7-6-10-15-8-4-3-5-9-15/h3-5,8-9,16-17H,2,6-7,10-14H2,1H3. The largest absolute Gasteiger partial charge is 0.311 e. The zero-order valence-corrected chi connectivity index (χ0v) is 11.6. The van der Waals surface area contributed by atoms with Crippen LogP contribution in [-0.4, -0.2) is 37.1 Å². The van der Waals surface area contributed by atoms with Gasteiger partial charge in [0.2, 0.25) is 0 Å². The van der Waals surface area contributed by atoms with Gasteiger partial charge in [-0.1, -0.05) is 37.3 Å². The summed E-state index contributed by atoms with van der Waals surface area (Å²) in [5.74, 6) is 0. The van der Waals surface area contributed by atoms with Crippen LogP contribution in [0.5, 0.6) is 0 Å².